The van der Waals surface area contributed by atoms with E-state index in [1.54, 1.807) is 24.3 Å². The van der Waals surface area contributed by atoms with Crippen LogP contribution in [-0.4, -0.2) is 10.9 Å². The van der Waals surface area contributed by atoms with E-state index in [-0.39, 0.29) is 23.7 Å². The second-order valence-electron chi connectivity index (χ2n) is 5.33. The quantitative estimate of drug-likeness (QED) is 0.644. The molecule has 0 aliphatic carbocycles. The largest absolute Gasteiger partial charge is 0.439 e. The molecule has 0 saturated heterocycles. The van der Waals surface area contributed by atoms with Crippen LogP contribution in [0.4, 0.5) is 8.78 Å². The second-order valence-corrected chi connectivity index (χ2v) is 6.25. The number of ether oxygens (including phenoxy) is 1. The summed E-state index contributed by atoms with van der Waals surface area (Å²) in [5.74, 6) is -1.10. The summed E-state index contributed by atoms with van der Waals surface area (Å²) in [7, 11) is 0. The predicted octanol–water partition coefficient (Wildman–Crippen LogP) is 4.84. The molecule has 0 atom stereocenters. The molecule has 0 radical (unpaired) electrons. The first kappa shape index (κ1) is 18.0. The Labute approximate surface area is 157 Å². The number of benzene rings is 2. The summed E-state index contributed by atoms with van der Waals surface area (Å²) in [6.07, 6.45) is 1.52. The molecule has 0 aliphatic rings. The molecule has 4 nitrogen and oxygen atoms in total. The van der Waals surface area contributed by atoms with Crippen molar-refractivity contribution < 1.29 is 18.3 Å². The van der Waals surface area contributed by atoms with Gasteiger partial charge in [-0.05, 0) is 36.4 Å². The highest BCUT2D eigenvalue weighted by atomic mass is 79.9. The van der Waals surface area contributed by atoms with Gasteiger partial charge in [0.05, 0.1) is 5.56 Å². The monoisotopic (exact) mass is 418 g/mol. The SMILES string of the molecule is O=C(NCc1cccnc1Oc1cccc(F)c1)c1ccc(Br)cc1F. The molecule has 0 aliphatic heterocycles. The van der Waals surface area contributed by atoms with Crippen molar-refractivity contribution in [3.05, 3.63) is 88.0 Å². The van der Waals surface area contributed by atoms with E-state index in [4.69, 9.17) is 4.74 Å². The average molecular weight is 419 g/mol. The van der Waals surface area contributed by atoms with Crippen molar-refractivity contribution in [2.75, 3.05) is 0 Å². The third-order valence-corrected chi connectivity index (χ3v) is 3.97. The standard InChI is InChI=1S/C19H13BrF2N2O2/c20-13-6-7-16(17(22)9-13)18(25)24-11-12-3-2-8-23-19(12)26-15-5-1-4-14(21)10-15/h1-10H,11H2,(H,24,25). The van der Waals surface area contributed by atoms with Crippen molar-refractivity contribution in [1.82, 2.24) is 10.3 Å². The van der Waals surface area contributed by atoms with Gasteiger partial charge in [0.25, 0.3) is 5.91 Å². The number of amides is 1. The molecule has 26 heavy (non-hydrogen) atoms. The van der Waals surface area contributed by atoms with E-state index in [1.807, 2.05) is 0 Å². The fraction of sp³-hybridized carbons (Fsp3) is 0.0526. The number of carbonyl (C=O) groups is 1. The number of nitrogens with zero attached hydrogens (tertiary/aromatic N) is 1. The van der Waals surface area contributed by atoms with Gasteiger partial charge < -0.3 is 10.1 Å². The molecule has 3 rings (SSSR count). The fourth-order valence-electron chi connectivity index (χ4n) is 2.24. The zero-order valence-corrected chi connectivity index (χ0v) is 15.0. The van der Waals surface area contributed by atoms with Gasteiger partial charge in [0, 0.05) is 28.8 Å². The van der Waals surface area contributed by atoms with E-state index in [9.17, 15) is 13.6 Å². The Hall–Kier alpha value is -2.80. The topological polar surface area (TPSA) is 51.2 Å². The van der Waals surface area contributed by atoms with Gasteiger partial charge in [-0.15, -0.1) is 0 Å². The van der Waals surface area contributed by atoms with Crippen LogP contribution in [0, 0.1) is 11.6 Å². The van der Waals surface area contributed by atoms with Crippen LogP contribution in [0.1, 0.15) is 15.9 Å². The van der Waals surface area contributed by atoms with E-state index in [0.29, 0.717) is 10.0 Å². The molecule has 0 fully saturated rings. The number of nitrogens with one attached hydrogen (secondary N) is 1. The summed E-state index contributed by atoms with van der Waals surface area (Å²) >= 11 is 3.14. The van der Waals surface area contributed by atoms with Crippen molar-refractivity contribution in [2.24, 2.45) is 0 Å². The number of halogens is 3. The number of carbonyl (C=O) groups excluding carboxylic acids is 1. The Morgan fingerprint density at radius 3 is 2.73 bits per heavy atom. The molecule has 132 valence electrons. The van der Waals surface area contributed by atoms with Crippen LogP contribution < -0.4 is 10.1 Å². The molecule has 2 aromatic carbocycles. The van der Waals surface area contributed by atoms with Crippen LogP contribution in [0.25, 0.3) is 0 Å². The third kappa shape index (κ3) is 4.43. The summed E-state index contributed by atoms with van der Waals surface area (Å²) in [6.45, 7) is 0.0762. The van der Waals surface area contributed by atoms with E-state index in [2.05, 4.69) is 26.2 Å². The Morgan fingerprint density at radius 2 is 1.96 bits per heavy atom. The van der Waals surface area contributed by atoms with Crippen LogP contribution in [-0.2, 0) is 6.54 Å². The summed E-state index contributed by atoms with van der Waals surface area (Å²) in [5, 5.41) is 2.62. The van der Waals surface area contributed by atoms with Gasteiger partial charge in [-0.25, -0.2) is 13.8 Å². The minimum absolute atomic E-state index is 0.0651. The average Bonchev–Trinajstić information content (AvgIpc) is 2.61. The van der Waals surface area contributed by atoms with Gasteiger partial charge in [0.1, 0.15) is 17.4 Å². The summed E-state index contributed by atoms with van der Waals surface area (Å²) in [6, 6.07) is 13.2. The van der Waals surface area contributed by atoms with Crippen LogP contribution in [0.5, 0.6) is 11.6 Å². The van der Waals surface area contributed by atoms with Crippen molar-refractivity contribution >= 4 is 21.8 Å². The van der Waals surface area contributed by atoms with Crippen molar-refractivity contribution in [3.8, 4) is 11.6 Å². The number of rotatable bonds is 5. The van der Waals surface area contributed by atoms with E-state index in [0.717, 1.165) is 0 Å². The summed E-state index contributed by atoms with van der Waals surface area (Å²) < 4.78 is 33.3. The number of pyridine rings is 1. The number of hydrogen-bond donors (Lipinski definition) is 1. The second kappa shape index (κ2) is 8.05. The van der Waals surface area contributed by atoms with Crippen LogP contribution >= 0.6 is 15.9 Å². The Morgan fingerprint density at radius 1 is 1.12 bits per heavy atom. The maximum atomic E-state index is 13.9. The molecule has 1 aromatic heterocycles. The summed E-state index contributed by atoms with van der Waals surface area (Å²) in [5.41, 5.74) is 0.507. The Kier molecular flexibility index (Phi) is 5.58. The Balaban J connectivity index is 1.73. The van der Waals surface area contributed by atoms with Crippen LogP contribution in [0.15, 0.2) is 65.3 Å². The lowest BCUT2D eigenvalue weighted by Crippen LogP contribution is -2.24. The summed E-state index contributed by atoms with van der Waals surface area (Å²) in [4.78, 5) is 16.3. The molecular weight excluding hydrogens is 406 g/mol. The smallest absolute Gasteiger partial charge is 0.254 e. The first-order valence-corrected chi connectivity index (χ1v) is 8.43. The van der Waals surface area contributed by atoms with Gasteiger partial charge in [0.15, 0.2) is 0 Å². The lowest BCUT2D eigenvalue weighted by molar-refractivity contribution is 0.0946. The lowest BCUT2D eigenvalue weighted by atomic mass is 10.2. The van der Waals surface area contributed by atoms with E-state index in [1.165, 1.54) is 36.5 Å². The highest BCUT2D eigenvalue weighted by Gasteiger charge is 2.13. The fourth-order valence-corrected chi connectivity index (χ4v) is 2.57. The van der Waals surface area contributed by atoms with E-state index >= 15 is 0 Å². The van der Waals surface area contributed by atoms with Gasteiger partial charge in [-0.2, -0.15) is 0 Å². The van der Waals surface area contributed by atoms with E-state index < -0.39 is 17.5 Å². The zero-order chi connectivity index (χ0) is 18.5. The predicted molar refractivity (Wildman–Crippen MR) is 96.0 cm³/mol. The third-order valence-electron chi connectivity index (χ3n) is 3.48. The molecular formula is C19H13BrF2N2O2. The molecule has 0 saturated carbocycles. The molecule has 0 bridgehead atoms. The molecule has 0 spiro atoms. The van der Waals surface area contributed by atoms with Crippen molar-refractivity contribution in [2.45, 2.75) is 6.54 Å². The van der Waals surface area contributed by atoms with Gasteiger partial charge in [-0.1, -0.05) is 28.1 Å². The maximum absolute atomic E-state index is 13.9. The number of aromatic nitrogens is 1. The van der Waals surface area contributed by atoms with Crippen LogP contribution in [0.2, 0.25) is 0 Å². The van der Waals surface area contributed by atoms with Gasteiger partial charge in [0.2, 0.25) is 5.88 Å². The molecule has 1 N–H and O–H groups in total. The highest BCUT2D eigenvalue weighted by Crippen LogP contribution is 2.23. The normalized spacial score (nSPS) is 10.4. The van der Waals surface area contributed by atoms with Crippen molar-refractivity contribution in [3.63, 3.8) is 0 Å². The van der Waals surface area contributed by atoms with Gasteiger partial charge >= 0.3 is 0 Å². The maximum Gasteiger partial charge on any atom is 0.254 e. The molecule has 7 heteroatoms. The number of hydrogen-bond acceptors (Lipinski definition) is 3. The first-order valence-electron chi connectivity index (χ1n) is 7.63. The Bertz CT molecular complexity index is 950. The molecule has 0 unspecified atom stereocenters. The first-order chi connectivity index (χ1) is 12.5. The highest BCUT2D eigenvalue weighted by molar-refractivity contribution is 9.10. The molecule has 1 amide bonds. The molecule has 1 heterocycles. The molecule has 3 aromatic rings. The zero-order valence-electron chi connectivity index (χ0n) is 13.4. The van der Waals surface area contributed by atoms with Crippen molar-refractivity contribution in [1.29, 1.82) is 0 Å². The minimum atomic E-state index is -0.626. The van der Waals surface area contributed by atoms with Gasteiger partial charge in [-0.3, -0.25) is 4.79 Å². The lowest BCUT2D eigenvalue weighted by Gasteiger charge is -2.11. The minimum Gasteiger partial charge on any atom is -0.439 e. The van der Waals surface area contributed by atoms with Crippen LogP contribution in [0.3, 0.4) is 0 Å².